The van der Waals surface area contributed by atoms with Crippen molar-refractivity contribution < 1.29 is 23.5 Å². The van der Waals surface area contributed by atoms with E-state index >= 15 is 0 Å². The van der Waals surface area contributed by atoms with Gasteiger partial charge in [0.1, 0.15) is 5.82 Å². The van der Waals surface area contributed by atoms with Crippen LogP contribution in [0.25, 0.3) is 0 Å². The van der Waals surface area contributed by atoms with Crippen molar-refractivity contribution in [2.45, 2.75) is 38.0 Å². The lowest BCUT2D eigenvalue weighted by Gasteiger charge is -2.31. The van der Waals surface area contributed by atoms with Gasteiger partial charge in [0.15, 0.2) is 0 Å². The van der Waals surface area contributed by atoms with E-state index in [1.807, 2.05) is 0 Å². The summed E-state index contributed by atoms with van der Waals surface area (Å²) in [5, 5.41) is 0. The third-order valence-electron chi connectivity index (χ3n) is 6.55. The molecule has 1 aromatic rings. The van der Waals surface area contributed by atoms with Gasteiger partial charge in [0.05, 0.1) is 18.6 Å². The minimum atomic E-state index is -1.53. The van der Waals surface area contributed by atoms with Gasteiger partial charge in [-0.3, -0.25) is 19.3 Å². The van der Waals surface area contributed by atoms with Crippen molar-refractivity contribution in [1.29, 1.82) is 0 Å². The van der Waals surface area contributed by atoms with Crippen LogP contribution in [0.1, 0.15) is 38.2 Å². The summed E-state index contributed by atoms with van der Waals surface area (Å²) in [6, 6.07) is 5.93. The second-order valence-electron chi connectivity index (χ2n) is 9.15. The molecule has 3 rings (SSSR count). The minimum absolute atomic E-state index is 0.0846. The summed E-state index contributed by atoms with van der Waals surface area (Å²) >= 11 is 0. The maximum Gasteiger partial charge on any atom is 0.241 e. The maximum absolute atomic E-state index is 14.8. The van der Waals surface area contributed by atoms with Gasteiger partial charge in [-0.05, 0) is 37.9 Å². The van der Waals surface area contributed by atoms with E-state index in [9.17, 15) is 18.8 Å². The summed E-state index contributed by atoms with van der Waals surface area (Å²) in [7, 11) is 3.19. The highest BCUT2D eigenvalue weighted by molar-refractivity contribution is 6.10. The standard InChI is InChI=1S/C24H34FN3O4/c1-18(17-27-10-6-7-11-27)16-26(2)21(29)14-24(19-8-4-5-9-20(19)25)15-22(30)28(23(24)31)12-13-32-3/h4-5,8-9,18H,6-7,10-17H2,1-3H3/t18-,24-/m0/s1. The van der Waals surface area contributed by atoms with Crippen LogP contribution < -0.4 is 0 Å². The topological polar surface area (TPSA) is 70.2 Å². The first kappa shape index (κ1) is 24.3. The first-order valence-electron chi connectivity index (χ1n) is 11.3. The van der Waals surface area contributed by atoms with Crippen molar-refractivity contribution in [3.63, 3.8) is 0 Å². The zero-order valence-electron chi connectivity index (χ0n) is 19.3. The van der Waals surface area contributed by atoms with Crippen molar-refractivity contribution in [2.24, 2.45) is 5.92 Å². The molecule has 2 aliphatic rings. The molecule has 0 N–H and O–H groups in total. The smallest absolute Gasteiger partial charge is 0.241 e. The summed E-state index contributed by atoms with van der Waals surface area (Å²) < 4.78 is 19.8. The zero-order valence-corrected chi connectivity index (χ0v) is 19.3. The normalized spacial score (nSPS) is 22.6. The molecule has 176 valence electrons. The number of nitrogens with zero attached hydrogens (tertiary/aromatic N) is 3. The molecule has 0 aromatic heterocycles. The Balaban J connectivity index is 1.79. The van der Waals surface area contributed by atoms with Gasteiger partial charge in [-0.1, -0.05) is 25.1 Å². The fourth-order valence-corrected chi connectivity index (χ4v) is 4.93. The van der Waals surface area contributed by atoms with Crippen LogP contribution in [-0.2, 0) is 24.5 Å². The van der Waals surface area contributed by atoms with E-state index in [1.165, 1.54) is 38.2 Å². The Kier molecular flexibility index (Phi) is 8.00. The lowest BCUT2D eigenvalue weighted by Crippen LogP contribution is -2.45. The molecule has 2 heterocycles. The van der Waals surface area contributed by atoms with E-state index in [0.29, 0.717) is 6.54 Å². The van der Waals surface area contributed by atoms with Crippen molar-refractivity contribution in [3.05, 3.63) is 35.6 Å². The second kappa shape index (κ2) is 10.5. The first-order chi connectivity index (χ1) is 15.3. The Labute approximate surface area is 189 Å². The van der Waals surface area contributed by atoms with Crippen LogP contribution in [0, 0.1) is 11.7 Å². The van der Waals surface area contributed by atoms with Gasteiger partial charge in [-0.2, -0.15) is 0 Å². The number of carbonyl (C=O) groups is 3. The molecule has 0 unspecified atom stereocenters. The van der Waals surface area contributed by atoms with Crippen molar-refractivity contribution in [3.8, 4) is 0 Å². The monoisotopic (exact) mass is 447 g/mol. The van der Waals surface area contributed by atoms with E-state index in [0.717, 1.165) is 24.5 Å². The molecule has 2 atom stereocenters. The number of carbonyl (C=O) groups excluding carboxylic acids is 3. The molecule has 3 amide bonds. The third kappa shape index (κ3) is 5.18. The second-order valence-corrected chi connectivity index (χ2v) is 9.15. The number of benzene rings is 1. The fourth-order valence-electron chi connectivity index (χ4n) is 4.93. The van der Waals surface area contributed by atoms with Crippen molar-refractivity contribution >= 4 is 17.7 Å². The number of halogens is 1. The Hall–Kier alpha value is -2.32. The highest BCUT2D eigenvalue weighted by Gasteiger charge is 2.54. The van der Waals surface area contributed by atoms with Gasteiger partial charge in [-0.15, -0.1) is 0 Å². The first-order valence-corrected chi connectivity index (χ1v) is 11.3. The third-order valence-corrected chi connectivity index (χ3v) is 6.55. The predicted molar refractivity (Wildman–Crippen MR) is 118 cm³/mol. The SMILES string of the molecule is COCCN1C(=O)C[C@@](CC(=O)N(C)C[C@H](C)CN2CCCC2)(c2ccccc2F)C1=O. The molecule has 2 saturated heterocycles. The van der Waals surface area contributed by atoms with Crippen LogP contribution in [0.4, 0.5) is 4.39 Å². The number of hydrogen-bond donors (Lipinski definition) is 0. The van der Waals surface area contributed by atoms with E-state index in [2.05, 4.69) is 11.8 Å². The Morgan fingerprint density at radius 1 is 1.25 bits per heavy atom. The Morgan fingerprint density at radius 3 is 2.59 bits per heavy atom. The molecule has 1 aromatic carbocycles. The number of imide groups is 1. The number of amides is 3. The molecule has 0 radical (unpaired) electrons. The van der Waals surface area contributed by atoms with Gasteiger partial charge >= 0.3 is 0 Å². The number of likely N-dealkylation sites (tertiary alicyclic amines) is 2. The number of rotatable bonds is 10. The summed E-state index contributed by atoms with van der Waals surface area (Å²) in [5.74, 6) is -1.52. The molecule has 2 fully saturated rings. The molecular weight excluding hydrogens is 413 g/mol. The van der Waals surface area contributed by atoms with E-state index < -0.39 is 23.0 Å². The van der Waals surface area contributed by atoms with E-state index in [4.69, 9.17) is 4.74 Å². The molecule has 0 saturated carbocycles. The minimum Gasteiger partial charge on any atom is -0.383 e. The van der Waals surface area contributed by atoms with Crippen molar-refractivity contribution in [2.75, 3.05) is 53.5 Å². The van der Waals surface area contributed by atoms with Gasteiger partial charge in [0, 0.05) is 45.7 Å². The summed E-state index contributed by atoms with van der Waals surface area (Å²) in [6.45, 7) is 6.01. The Bertz CT molecular complexity index is 842. The van der Waals surface area contributed by atoms with Gasteiger partial charge < -0.3 is 14.5 Å². The van der Waals surface area contributed by atoms with Gasteiger partial charge in [-0.25, -0.2) is 4.39 Å². The molecular formula is C24H34FN3O4. The average molecular weight is 448 g/mol. The van der Waals surface area contributed by atoms with Crippen molar-refractivity contribution in [1.82, 2.24) is 14.7 Å². The molecule has 0 aliphatic carbocycles. The lowest BCUT2D eigenvalue weighted by molar-refractivity contribution is -0.143. The molecule has 7 nitrogen and oxygen atoms in total. The van der Waals surface area contributed by atoms with Crippen LogP contribution in [0.3, 0.4) is 0 Å². The lowest BCUT2D eigenvalue weighted by atomic mass is 9.75. The zero-order chi connectivity index (χ0) is 23.3. The fraction of sp³-hybridized carbons (Fsp3) is 0.625. The highest BCUT2D eigenvalue weighted by Crippen LogP contribution is 2.41. The van der Waals surface area contributed by atoms with E-state index in [1.54, 1.807) is 18.0 Å². The maximum atomic E-state index is 14.8. The summed E-state index contributed by atoms with van der Waals surface area (Å²) in [5.41, 5.74) is -1.43. The van der Waals surface area contributed by atoms with Gasteiger partial charge in [0.25, 0.3) is 0 Å². The highest BCUT2D eigenvalue weighted by atomic mass is 19.1. The molecule has 8 heteroatoms. The molecule has 2 aliphatic heterocycles. The van der Waals surface area contributed by atoms with Crippen LogP contribution >= 0.6 is 0 Å². The molecule has 0 spiro atoms. The van der Waals surface area contributed by atoms with E-state index in [-0.39, 0.29) is 43.4 Å². The molecule has 32 heavy (non-hydrogen) atoms. The summed E-state index contributed by atoms with van der Waals surface area (Å²) in [4.78, 5) is 44.4. The largest absolute Gasteiger partial charge is 0.383 e. The number of hydrogen-bond acceptors (Lipinski definition) is 5. The van der Waals surface area contributed by atoms with Crippen LogP contribution in [0.5, 0.6) is 0 Å². The average Bonchev–Trinajstić information content (AvgIpc) is 3.33. The quantitative estimate of drug-likeness (QED) is 0.514. The predicted octanol–water partition coefficient (Wildman–Crippen LogP) is 2.05. The number of ether oxygens (including phenoxy) is 1. The van der Waals surface area contributed by atoms with Crippen LogP contribution in [0.15, 0.2) is 24.3 Å². The number of methoxy groups -OCH3 is 1. The van der Waals surface area contributed by atoms with Gasteiger partial charge in [0.2, 0.25) is 17.7 Å². The Morgan fingerprint density at radius 2 is 1.94 bits per heavy atom. The van der Waals surface area contributed by atoms with Crippen LogP contribution in [-0.4, -0.2) is 85.9 Å². The summed E-state index contributed by atoms with van der Waals surface area (Å²) in [6.07, 6.45) is 1.96. The molecule has 0 bridgehead atoms. The van der Waals surface area contributed by atoms with Crippen LogP contribution in [0.2, 0.25) is 0 Å².